The van der Waals surface area contributed by atoms with Crippen molar-refractivity contribution < 1.29 is 23.4 Å². The van der Waals surface area contributed by atoms with Crippen LogP contribution < -0.4 is 4.74 Å². The lowest BCUT2D eigenvalue weighted by atomic mass is 10.0. The molecule has 1 N–H and O–H groups in total. The van der Waals surface area contributed by atoms with E-state index in [1.165, 1.54) is 0 Å². The van der Waals surface area contributed by atoms with Crippen LogP contribution in [0.4, 0.5) is 8.78 Å². The molecule has 0 spiro atoms. The molecule has 6 nitrogen and oxygen atoms in total. The van der Waals surface area contributed by atoms with Gasteiger partial charge in [0, 0.05) is 57.7 Å². The third kappa shape index (κ3) is 4.78. The standard InChI is InChI=1S/C18H23F2N3O3/c1-25-5-4-23-12-21-9-15(23)10-22-3-2-18(17(24)11-22)26-16-7-13(19)6-14(20)8-16/h6-9,12,17-18,24H,2-5,10-11H2,1H3/t17-,18-/m1/s1. The van der Waals surface area contributed by atoms with E-state index < -0.39 is 23.8 Å². The summed E-state index contributed by atoms with van der Waals surface area (Å²) in [5, 5.41) is 10.4. The zero-order chi connectivity index (χ0) is 18.5. The minimum atomic E-state index is -0.745. The number of ether oxygens (including phenoxy) is 2. The van der Waals surface area contributed by atoms with Gasteiger partial charge in [-0.05, 0) is 6.42 Å². The van der Waals surface area contributed by atoms with Gasteiger partial charge in [0.1, 0.15) is 29.6 Å². The third-order valence-electron chi connectivity index (χ3n) is 4.45. The molecule has 26 heavy (non-hydrogen) atoms. The Morgan fingerprint density at radius 1 is 1.27 bits per heavy atom. The van der Waals surface area contributed by atoms with E-state index in [0.29, 0.717) is 32.7 Å². The van der Waals surface area contributed by atoms with Crippen molar-refractivity contribution in [2.45, 2.75) is 31.7 Å². The van der Waals surface area contributed by atoms with Crippen LogP contribution in [-0.4, -0.2) is 58.6 Å². The van der Waals surface area contributed by atoms with Crippen LogP contribution in [0.25, 0.3) is 0 Å². The first-order chi connectivity index (χ1) is 12.5. The smallest absolute Gasteiger partial charge is 0.129 e. The number of aromatic nitrogens is 2. The van der Waals surface area contributed by atoms with Crippen LogP contribution in [0.2, 0.25) is 0 Å². The molecule has 0 bridgehead atoms. The summed E-state index contributed by atoms with van der Waals surface area (Å²) in [5.74, 6) is -1.30. The highest BCUT2D eigenvalue weighted by molar-refractivity contribution is 5.24. The number of hydrogen-bond donors (Lipinski definition) is 1. The van der Waals surface area contributed by atoms with E-state index in [2.05, 4.69) is 9.88 Å². The summed E-state index contributed by atoms with van der Waals surface area (Å²) in [4.78, 5) is 6.28. The van der Waals surface area contributed by atoms with Crippen LogP contribution in [0, 0.1) is 11.6 Å². The number of methoxy groups -OCH3 is 1. The number of aliphatic hydroxyl groups excluding tert-OH is 1. The monoisotopic (exact) mass is 367 g/mol. The lowest BCUT2D eigenvalue weighted by Gasteiger charge is -2.36. The Labute approximate surface area is 151 Å². The first-order valence-corrected chi connectivity index (χ1v) is 8.56. The van der Waals surface area contributed by atoms with E-state index in [4.69, 9.17) is 9.47 Å². The van der Waals surface area contributed by atoms with Gasteiger partial charge in [0.15, 0.2) is 0 Å². The molecule has 1 aromatic carbocycles. The van der Waals surface area contributed by atoms with Gasteiger partial charge in [0.05, 0.1) is 18.6 Å². The van der Waals surface area contributed by atoms with Crippen molar-refractivity contribution in [2.24, 2.45) is 0 Å². The Kier molecular flexibility index (Phi) is 6.18. The van der Waals surface area contributed by atoms with E-state index >= 15 is 0 Å². The van der Waals surface area contributed by atoms with Gasteiger partial charge in [0.2, 0.25) is 0 Å². The molecule has 0 unspecified atom stereocenters. The molecule has 8 heteroatoms. The minimum Gasteiger partial charge on any atom is -0.487 e. The second-order valence-corrected chi connectivity index (χ2v) is 6.42. The number of piperidine rings is 1. The number of halogens is 2. The van der Waals surface area contributed by atoms with Gasteiger partial charge in [-0.2, -0.15) is 0 Å². The molecule has 1 aliphatic rings. The number of β-amino-alcohol motifs (C(OH)–C–C–N with tert-alkyl or cyclic N) is 1. The minimum absolute atomic E-state index is 0.0950. The molecule has 0 amide bonds. The summed E-state index contributed by atoms with van der Waals surface area (Å²) in [5.41, 5.74) is 1.04. The number of likely N-dealkylation sites (tertiary alicyclic amines) is 1. The summed E-state index contributed by atoms with van der Waals surface area (Å²) in [6.45, 7) is 3.10. The van der Waals surface area contributed by atoms with E-state index in [9.17, 15) is 13.9 Å². The van der Waals surface area contributed by atoms with E-state index in [1.54, 1.807) is 19.6 Å². The molecule has 2 heterocycles. The summed E-state index contributed by atoms with van der Waals surface area (Å²) < 4.78 is 39.3. The summed E-state index contributed by atoms with van der Waals surface area (Å²) >= 11 is 0. The van der Waals surface area contributed by atoms with Gasteiger partial charge in [-0.3, -0.25) is 4.90 Å². The molecule has 142 valence electrons. The van der Waals surface area contributed by atoms with Crippen molar-refractivity contribution in [3.05, 3.63) is 48.1 Å². The lowest BCUT2D eigenvalue weighted by molar-refractivity contribution is -0.0282. The van der Waals surface area contributed by atoms with Crippen LogP contribution in [-0.2, 0) is 17.8 Å². The SMILES string of the molecule is COCCn1cncc1CN1CC[C@@H](Oc2cc(F)cc(F)c2)[C@H](O)C1. The third-order valence-corrected chi connectivity index (χ3v) is 4.45. The summed E-state index contributed by atoms with van der Waals surface area (Å²) in [7, 11) is 1.65. The largest absolute Gasteiger partial charge is 0.487 e. The maximum Gasteiger partial charge on any atom is 0.129 e. The van der Waals surface area contributed by atoms with Gasteiger partial charge in [-0.1, -0.05) is 0 Å². The number of rotatable bonds is 7. The second-order valence-electron chi connectivity index (χ2n) is 6.42. The average molecular weight is 367 g/mol. The predicted octanol–water partition coefficient (Wildman–Crippen LogP) is 1.82. The maximum atomic E-state index is 13.3. The number of hydrogen-bond acceptors (Lipinski definition) is 5. The zero-order valence-corrected chi connectivity index (χ0v) is 14.6. The zero-order valence-electron chi connectivity index (χ0n) is 14.6. The number of imidazole rings is 1. The van der Waals surface area contributed by atoms with Crippen LogP contribution in [0.1, 0.15) is 12.1 Å². The number of aliphatic hydroxyl groups is 1. The van der Waals surface area contributed by atoms with E-state index in [1.807, 2.05) is 4.57 Å². The Hall–Kier alpha value is -2.03. The van der Waals surface area contributed by atoms with E-state index in [-0.39, 0.29) is 5.75 Å². The Balaban J connectivity index is 1.56. The van der Waals surface area contributed by atoms with Crippen LogP contribution in [0.5, 0.6) is 5.75 Å². The number of benzene rings is 1. The predicted molar refractivity (Wildman–Crippen MR) is 90.8 cm³/mol. The molecular formula is C18H23F2N3O3. The van der Waals surface area contributed by atoms with Crippen LogP contribution >= 0.6 is 0 Å². The highest BCUT2D eigenvalue weighted by Gasteiger charge is 2.30. The van der Waals surface area contributed by atoms with Crippen molar-refractivity contribution in [1.82, 2.24) is 14.5 Å². The van der Waals surface area contributed by atoms with Crippen molar-refractivity contribution in [2.75, 3.05) is 26.8 Å². The Morgan fingerprint density at radius 3 is 2.73 bits per heavy atom. The van der Waals surface area contributed by atoms with Gasteiger partial charge >= 0.3 is 0 Å². The van der Waals surface area contributed by atoms with Crippen molar-refractivity contribution in [3.63, 3.8) is 0 Å². The fraction of sp³-hybridized carbons (Fsp3) is 0.500. The molecule has 2 aromatic rings. The molecule has 0 aliphatic carbocycles. The maximum absolute atomic E-state index is 13.3. The van der Waals surface area contributed by atoms with Crippen molar-refractivity contribution >= 4 is 0 Å². The Morgan fingerprint density at radius 2 is 2.04 bits per heavy atom. The fourth-order valence-electron chi connectivity index (χ4n) is 3.13. The molecule has 1 saturated heterocycles. The van der Waals surface area contributed by atoms with Crippen molar-refractivity contribution in [1.29, 1.82) is 0 Å². The molecule has 1 aromatic heterocycles. The van der Waals surface area contributed by atoms with Gasteiger partial charge in [-0.25, -0.2) is 13.8 Å². The first-order valence-electron chi connectivity index (χ1n) is 8.56. The van der Waals surface area contributed by atoms with E-state index in [0.717, 1.165) is 30.4 Å². The topological polar surface area (TPSA) is 59.8 Å². The van der Waals surface area contributed by atoms with Gasteiger partial charge < -0.3 is 19.1 Å². The van der Waals surface area contributed by atoms with Gasteiger partial charge in [-0.15, -0.1) is 0 Å². The first kappa shape index (κ1) is 18.8. The van der Waals surface area contributed by atoms with Crippen LogP contribution in [0.3, 0.4) is 0 Å². The average Bonchev–Trinajstić information content (AvgIpc) is 3.01. The lowest BCUT2D eigenvalue weighted by Crippen LogP contribution is -2.48. The summed E-state index contributed by atoms with van der Waals surface area (Å²) in [6, 6.07) is 3.03. The highest BCUT2D eigenvalue weighted by atomic mass is 19.1. The molecular weight excluding hydrogens is 344 g/mol. The Bertz CT molecular complexity index is 705. The molecule has 0 radical (unpaired) electrons. The molecule has 1 fully saturated rings. The second kappa shape index (κ2) is 8.57. The normalized spacial score (nSPS) is 21.1. The molecule has 0 saturated carbocycles. The molecule has 3 rings (SSSR count). The quantitative estimate of drug-likeness (QED) is 0.809. The van der Waals surface area contributed by atoms with Crippen LogP contribution in [0.15, 0.2) is 30.7 Å². The highest BCUT2D eigenvalue weighted by Crippen LogP contribution is 2.22. The van der Waals surface area contributed by atoms with Gasteiger partial charge in [0.25, 0.3) is 0 Å². The molecule has 2 atom stereocenters. The number of nitrogens with zero attached hydrogens (tertiary/aromatic N) is 3. The van der Waals surface area contributed by atoms with Crippen molar-refractivity contribution in [3.8, 4) is 5.75 Å². The fourth-order valence-corrected chi connectivity index (χ4v) is 3.13. The molecule has 1 aliphatic heterocycles. The summed E-state index contributed by atoms with van der Waals surface area (Å²) in [6.07, 6.45) is 2.89.